The van der Waals surface area contributed by atoms with Gasteiger partial charge in [0.05, 0.1) is 15.9 Å². The minimum absolute atomic E-state index is 0.0507. The van der Waals surface area contributed by atoms with Gasteiger partial charge in [-0.15, -0.1) is 11.3 Å². The Morgan fingerprint density at radius 2 is 1.95 bits per heavy atom. The Morgan fingerprint density at radius 1 is 1.29 bits per heavy atom. The maximum absolute atomic E-state index is 14.2. The van der Waals surface area contributed by atoms with Crippen LogP contribution in [0, 0.1) is 12.7 Å². The van der Waals surface area contributed by atoms with Gasteiger partial charge in [0, 0.05) is 10.4 Å². The number of nitrogens with one attached hydrogen (secondary N) is 1. The molecule has 21 heavy (non-hydrogen) atoms. The lowest BCUT2D eigenvalue weighted by Crippen LogP contribution is -2.20. The van der Waals surface area contributed by atoms with Crippen molar-refractivity contribution in [2.24, 2.45) is 0 Å². The Bertz CT molecular complexity index is 631. The maximum atomic E-state index is 14.2. The van der Waals surface area contributed by atoms with E-state index in [2.05, 4.69) is 5.32 Å². The normalized spacial score (nSPS) is 13.5. The van der Waals surface area contributed by atoms with Crippen LogP contribution in [-0.2, 0) is 6.18 Å². The third-order valence-electron chi connectivity index (χ3n) is 3.09. The first-order valence-corrected chi connectivity index (χ1v) is 7.24. The molecule has 1 aromatic heterocycles. The highest BCUT2D eigenvalue weighted by atomic mass is 35.5. The Hall–Kier alpha value is -1.11. The summed E-state index contributed by atoms with van der Waals surface area (Å²) < 4.78 is 53.1. The third kappa shape index (κ3) is 3.22. The molecule has 0 amide bonds. The van der Waals surface area contributed by atoms with Gasteiger partial charge in [-0.25, -0.2) is 4.39 Å². The first-order chi connectivity index (χ1) is 9.75. The summed E-state index contributed by atoms with van der Waals surface area (Å²) in [5.74, 6) is -1.26. The van der Waals surface area contributed by atoms with Crippen molar-refractivity contribution >= 4 is 22.9 Å². The van der Waals surface area contributed by atoms with Crippen LogP contribution in [0.3, 0.4) is 0 Å². The lowest BCUT2D eigenvalue weighted by Gasteiger charge is -2.18. The number of rotatable bonds is 3. The van der Waals surface area contributed by atoms with Gasteiger partial charge in [0.1, 0.15) is 5.82 Å². The van der Waals surface area contributed by atoms with Gasteiger partial charge in [-0.05, 0) is 31.7 Å². The Labute approximate surface area is 128 Å². The molecule has 1 heterocycles. The van der Waals surface area contributed by atoms with Crippen LogP contribution >= 0.6 is 22.9 Å². The average molecular weight is 338 g/mol. The van der Waals surface area contributed by atoms with E-state index in [0.29, 0.717) is 9.21 Å². The number of benzene rings is 1. The molecular formula is C14H12ClF4NS. The molecule has 1 atom stereocenters. The summed E-state index contributed by atoms with van der Waals surface area (Å²) in [7, 11) is 1.56. The highest BCUT2D eigenvalue weighted by Gasteiger charge is 2.36. The van der Waals surface area contributed by atoms with Crippen molar-refractivity contribution in [2.45, 2.75) is 19.1 Å². The van der Waals surface area contributed by atoms with Crippen LogP contribution in [0.5, 0.6) is 0 Å². The smallest absolute Gasteiger partial charge is 0.309 e. The van der Waals surface area contributed by atoms with Crippen LogP contribution < -0.4 is 5.32 Å². The third-order valence-corrected chi connectivity index (χ3v) is 4.71. The second kappa shape index (κ2) is 5.94. The second-order valence-corrected chi connectivity index (χ2v) is 6.22. The molecule has 0 spiro atoms. The van der Waals surface area contributed by atoms with Crippen LogP contribution in [0.1, 0.15) is 27.6 Å². The van der Waals surface area contributed by atoms with E-state index < -0.39 is 23.6 Å². The summed E-state index contributed by atoms with van der Waals surface area (Å²) in [6.45, 7) is 1.79. The fraction of sp³-hybridized carbons (Fsp3) is 0.286. The molecule has 0 aliphatic rings. The molecule has 1 aromatic carbocycles. The van der Waals surface area contributed by atoms with Crippen molar-refractivity contribution in [1.29, 1.82) is 0 Å². The number of halogens is 5. The predicted molar refractivity (Wildman–Crippen MR) is 76.4 cm³/mol. The van der Waals surface area contributed by atoms with E-state index in [-0.39, 0.29) is 5.56 Å². The van der Waals surface area contributed by atoms with E-state index in [1.165, 1.54) is 23.5 Å². The van der Waals surface area contributed by atoms with Gasteiger partial charge >= 0.3 is 6.18 Å². The van der Waals surface area contributed by atoms with E-state index in [9.17, 15) is 17.6 Å². The summed E-state index contributed by atoms with van der Waals surface area (Å²) in [5.41, 5.74) is -0.505. The highest BCUT2D eigenvalue weighted by Crippen LogP contribution is 2.38. The largest absolute Gasteiger partial charge is 0.419 e. The minimum Gasteiger partial charge on any atom is -0.309 e. The van der Waals surface area contributed by atoms with Crippen LogP contribution in [0.2, 0.25) is 4.34 Å². The van der Waals surface area contributed by atoms with Crippen LogP contribution in [0.15, 0.2) is 24.3 Å². The van der Waals surface area contributed by atoms with Crippen molar-refractivity contribution in [2.75, 3.05) is 7.05 Å². The summed E-state index contributed by atoms with van der Waals surface area (Å²) in [6, 6.07) is 4.34. The maximum Gasteiger partial charge on any atom is 0.419 e. The van der Waals surface area contributed by atoms with Gasteiger partial charge in [-0.3, -0.25) is 0 Å². The van der Waals surface area contributed by atoms with Crippen LogP contribution in [0.4, 0.5) is 17.6 Å². The zero-order chi connectivity index (χ0) is 15.8. The van der Waals surface area contributed by atoms with Crippen LogP contribution in [0.25, 0.3) is 0 Å². The molecule has 0 saturated carbocycles. The fourth-order valence-corrected chi connectivity index (χ4v) is 3.42. The zero-order valence-corrected chi connectivity index (χ0v) is 12.8. The van der Waals surface area contributed by atoms with E-state index in [4.69, 9.17) is 11.6 Å². The standard InChI is InChI=1S/C14H12ClF4NS/c1-7-6-10(21-13(7)15)12(20-2)8-4-3-5-9(11(8)16)14(17,18)19/h3-6,12,20H,1-2H3. The van der Waals surface area contributed by atoms with E-state index >= 15 is 0 Å². The van der Waals surface area contributed by atoms with E-state index in [1.807, 2.05) is 0 Å². The molecule has 0 aliphatic heterocycles. The summed E-state index contributed by atoms with van der Waals surface area (Å²) >= 11 is 7.20. The number of hydrogen-bond donors (Lipinski definition) is 1. The molecule has 2 rings (SSSR count). The summed E-state index contributed by atoms with van der Waals surface area (Å²) in [5, 5.41) is 2.84. The molecule has 0 fully saturated rings. The van der Waals surface area contributed by atoms with Crippen molar-refractivity contribution < 1.29 is 17.6 Å². The van der Waals surface area contributed by atoms with Gasteiger partial charge in [0.2, 0.25) is 0 Å². The topological polar surface area (TPSA) is 12.0 Å². The van der Waals surface area contributed by atoms with Gasteiger partial charge in [0.15, 0.2) is 0 Å². The van der Waals surface area contributed by atoms with Gasteiger partial charge in [-0.2, -0.15) is 13.2 Å². The Morgan fingerprint density at radius 3 is 2.43 bits per heavy atom. The molecule has 0 bridgehead atoms. The molecule has 0 radical (unpaired) electrons. The zero-order valence-electron chi connectivity index (χ0n) is 11.2. The molecule has 0 saturated heterocycles. The monoisotopic (exact) mass is 337 g/mol. The van der Waals surface area contributed by atoms with E-state index in [0.717, 1.165) is 11.6 Å². The van der Waals surface area contributed by atoms with Crippen molar-refractivity contribution in [3.05, 3.63) is 56.0 Å². The molecule has 7 heteroatoms. The van der Waals surface area contributed by atoms with Gasteiger partial charge in [-0.1, -0.05) is 23.7 Å². The van der Waals surface area contributed by atoms with E-state index in [1.54, 1.807) is 20.0 Å². The number of hydrogen-bond acceptors (Lipinski definition) is 2. The van der Waals surface area contributed by atoms with Gasteiger partial charge < -0.3 is 5.32 Å². The number of aryl methyl sites for hydroxylation is 1. The highest BCUT2D eigenvalue weighted by molar-refractivity contribution is 7.16. The molecule has 1 unspecified atom stereocenters. The Balaban J connectivity index is 2.53. The molecule has 2 aromatic rings. The molecule has 1 N–H and O–H groups in total. The SMILES string of the molecule is CNC(c1cc(C)c(Cl)s1)c1cccc(C(F)(F)F)c1F. The molecule has 1 nitrogen and oxygen atoms in total. The first-order valence-electron chi connectivity index (χ1n) is 6.04. The lowest BCUT2D eigenvalue weighted by molar-refractivity contribution is -0.140. The minimum atomic E-state index is -4.72. The van der Waals surface area contributed by atoms with Crippen LogP contribution in [-0.4, -0.2) is 7.05 Å². The quantitative estimate of drug-likeness (QED) is 0.761. The lowest BCUT2D eigenvalue weighted by atomic mass is 10.0. The fourth-order valence-electron chi connectivity index (χ4n) is 2.07. The summed E-state index contributed by atoms with van der Waals surface area (Å²) in [4.78, 5) is 0.665. The average Bonchev–Trinajstić information content (AvgIpc) is 2.71. The second-order valence-electron chi connectivity index (χ2n) is 4.53. The molecule has 0 aliphatic carbocycles. The Kier molecular flexibility index (Phi) is 4.60. The first kappa shape index (κ1) is 16.3. The van der Waals surface area contributed by atoms with Crippen molar-refractivity contribution in [1.82, 2.24) is 5.32 Å². The van der Waals surface area contributed by atoms with Gasteiger partial charge in [0.25, 0.3) is 0 Å². The molecular weight excluding hydrogens is 326 g/mol. The number of alkyl halides is 3. The summed E-state index contributed by atoms with van der Waals surface area (Å²) in [6.07, 6.45) is -4.72. The molecule has 114 valence electrons. The number of thiophene rings is 1. The predicted octanol–water partition coefficient (Wildman–Crippen LogP) is 5.18. The van der Waals surface area contributed by atoms with Crippen molar-refractivity contribution in [3.8, 4) is 0 Å². The van der Waals surface area contributed by atoms with Crippen molar-refractivity contribution in [3.63, 3.8) is 0 Å².